The van der Waals surface area contributed by atoms with Crippen LogP contribution < -0.4 is 0 Å². The van der Waals surface area contributed by atoms with Crippen LogP contribution >= 0.6 is 0 Å². The van der Waals surface area contributed by atoms with Gasteiger partial charge in [-0.25, -0.2) is 0 Å². The highest BCUT2D eigenvalue weighted by molar-refractivity contribution is 5.02. The molecule has 0 aromatic carbocycles. The first kappa shape index (κ1) is 7.64. The Hall–Kier alpha value is 0. The Morgan fingerprint density at radius 2 is 1.73 bits per heavy atom. The monoisotopic (exact) mass is 152 g/mol. The lowest BCUT2D eigenvalue weighted by Gasteiger charge is -2.38. The molecule has 2 saturated carbocycles. The van der Waals surface area contributed by atoms with Gasteiger partial charge in [0.2, 0.25) is 0 Å². The molecule has 0 aromatic heterocycles. The van der Waals surface area contributed by atoms with Crippen molar-refractivity contribution in [3.8, 4) is 0 Å². The van der Waals surface area contributed by atoms with Crippen molar-refractivity contribution in [2.45, 2.75) is 40.5 Å². The smallest absolute Gasteiger partial charge is 0.0297 e. The van der Waals surface area contributed by atoms with Gasteiger partial charge in [0.05, 0.1) is 0 Å². The second-order valence-corrected chi connectivity index (χ2v) is 5.42. The highest BCUT2D eigenvalue weighted by atomic mass is 14.6. The number of hydrogen-bond acceptors (Lipinski definition) is 0. The van der Waals surface area contributed by atoms with Crippen molar-refractivity contribution < 1.29 is 0 Å². The zero-order valence-electron chi connectivity index (χ0n) is 8.22. The van der Waals surface area contributed by atoms with Crippen molar-refractivity contribution in [3.05, 3.63) is 0 Å². The third kappa shape index (κ3) is 0.816. The summed E-state index contributed by atoms with van der Waals surface area (Å²) in [7, 11) is 0. The Morgan fingerprint density at radius 3 is 2.09 bits per heavy atom. The normalized spacial score (nSPS) is 53.5. The van der Waals surface area contributed by atoms with Crippen LogP contribution in [0.25, 0.3) is 0 Å². The molecule has 0 amide bonds. The molecule has 2 aliphatic carbocycles. The number of rotatable bonds is 0. The summed E-state index contributed by atoms with van der Waals surface area (Å²) in [6.45, 7) is 9.83. The van der Waals surface area contributed by atoms with Gasteiger partial charge in [-0.3, -0.25) is 0 Å². The van der Waals surface area contributed by atoms with E-state index in [9.17, 15) is 0 Å². The van der Waals surface area contributed by atoms with Crippen LogP contribution in [0.3, 0.4) is 0 Å². The highest BCUT2D eigenvalue weighted by Crippen LogP contribution is 2.61. The topological polar surface area (TPSA) is 0 Å². The summed E-state index contributed by atoms with van der Waals surface area (Å²) in [5, 5.41) is 0. The summed E-state index contributed by atoms with van der Waals surface area (Å²) in [5.41, 5.74) is 0.650. The van der Waals surface area contributed by atoms with Gasteiger partial charge in [0, 0.05) is 0 Å². The summed E-state index contributed by atoms with van der Waals surface area (Å²) in [5.74, 6) is 4.08. The molecular weight excluding hydrogens is 132 g/mol. The van der Waals surface area contributed by atoms with Gasteiger partial charge in [0.15, 0.2) is 0 Å². The van der Waals surface area contributed by atoms with Gasteiger partial charge in [-0.1, -0.05) is 27.7 Å². The fourth-order valence-electron chi connectivity index (χ4n) is 3.51. The Balaban J connectivity index is 2.25. The Labute approximate surface area is 70.4 Å². The Kier molecular flexibility index (Phi) is 1.41. The van der Waals surface area contributed by atoms with Gasteiger partial charge in [0.25, 0.3) is 0 Å². The molecule has 4 unspecified atom stereocenters. The third-order valence-electron chi connectivity index (χ3n) is 4.81. The summed E-state index contributed by atoms with van der Waals surface area (Å²) in [6.07, 6.45) is 3.03. The standard InChI is InChI=1S/C11H20/c1-7-5-9-6-10(7)8(2)11(9,3)4/h7-10H,5-6H2,1-4H3. The molecule has 0 nitrogen and oxygen atoms in total. The predicted molar refractivity (Wildman–Crippen MR) is 48.3 cm³/mol. The van der Waals surface area contributed by atoms with Crippen molar-refractivity contribution >= 4 is 0 Å². The molecule has 11 heavy (non-hydrogen) atoms. The van der Waals surface area contributed by atoms with Gasteiger partial charge in [0.1, 0.15) is 0 Å². The van der Waals surface area contributed by atoms with E-state index in [1.54, 1.807) is 0 Å². The second-order valence-electron chi connectivity index (χ2n) is 5.42. The van der Waals surface area contributed by atoms with Gasteiger partial charge in [-0.15, -0.1) is 0 Å². The molecule has 0 aliphatic heterocycles. The van der Waals surface area contributed by atoms with E-state index in [0.717, 1.165) is 23.7 Å². The lowest BCUT2D eigenvalue weighted by Crippen LogP contribution is -2.31. The van der Waals surface area contributed by atoms with E-state index in [1.807, 2.05) is 0 Å². The predicted octanol–water partition coefficient (Wildman–Crippen LogP) is 3.32. The van der Waals surface area contributed by atoms with Crippen molar-refractivity contribution in [2.24, 2.45) is 29.1 Å². The zero-order chi connectivity index (χ0) is 8.22. The maximum atomic E-state index is 2.47. The average Bonchev–Trinajstić information content (AvgIpc) is 2.36. The van der Waals surface area contributed by atoms with Crippen molar-refractivity contribution in [2.75, 3.05) is 0 Å². The van der Waals surface area contributed by atoms with E-state index in [1.165, 1.54) is 12.8 Å². The first-order valence-corrected chi connectivity index (χ1v) is 5.03. The molecule has 0 N–H and O–H groups in total. The van der Waals surface area contributed by atoms with Crippen LogP contribution in [-0.4, -0.2) is 0 Å². The van der Waals surface area contributed by atoms with Crippen LogP contribution in [-0.2, 0) is 0 Å². The van der Waals surface area contributed by atoms with Crippen LogP contribution in [0.2, 0.25) is 0 Å². The third-order valence-corrected chi connectivity index (χ3v) is 4.81. The van der Waals surface area contributed by atoms with E-state index in [0.29, 0.717) is 5.41 Å². The molecule has 64 valence electrons. The molecule has 2 rings (SSSR count). The largest absolute Gasteiger partial charge is 0.0622 e. The van der Waals surface area contributed by atoms with Gasteiger partial charge < -0.3 is 0 Å². The van der Waals surface area contributed by atoms with Gasteiger partial charge in [-0.2, -0.15) is 0 Å². The van der Waals surface area contributed by atoms with E-state index in [2.05, 4.69) is 27.7 Å². The van der Waals surface area contributed by atoms with Crippen LogP contribution in [0, 0.1) is 29.1 Å². The Morgan fingerprint density at radius 1 is 1.09 bits per heavy atom. The van der Waals surface area contributed by atoms with E-state index >= 15 is 0 Å². The summed E-state index contributed by atoms with van der Waals surface area (Å²) in [6, 6.07) is 0. The maximum absolute atomic E-state index is 2.47. The lowest BCUT2D eigenvalue weighted by atomic mass is 9.67. The molecule has 0 heterocycles. The van der Waals surface area contributed by atoms with Crippen LogP contribution in [0.4, 0.5) is 0 Å². The minimum Gasteiger partial charge on any atom is -0.0622 e. The van der Waals surface area contributed by atoms with E-state index in [-0.39, 0.29) is 0 Å². The van der Waals surface area contributed by atoms with E-state index < -0.39 is 0 Å². The van der Waals surface area contributed by atoms with Gasteiger partial charge in [-0.05, 0) is 41.9 Å². The van der Waals surface area contributed by atoms with Crippen LogP contribution in [0.15, 0.2) is 0 Å². The average molecular weight is 152 g/mol. The molecule has 2 aliphatic rings. The second kappa shape index (κ2) is 2.02. The van der Waals surface area contributed by atoms with Crippen LogP contribution in [0.5, 0.6) is 0 Å². The fourth-order valence-corrected chi connectivity index (χ4v) is 3.51. The molecule has 0 saturated heterocycles. The molecule has 0 radical (unpaired) electrons. The Bertz CT molecular complexity index is 165. The molecule has 4 atom stereocenters. The van der Waals surface area contributed by atoms with E-state index in [4.69, 9.17) is 0 Å². The minimum absolute atomic E-state index is 0.650. The summed E-state index contributed by atoms with van der Waals surface area (Å²) < 4.78 is 0. The van der Waals surface area contributed by atoms with Crippen molar-refractivity contribution in [3.63, 3.8) is 0 Å². The van der Waals surface area contributed by atoms with Gasteiger partial charge >= 0.3 is 0 Å². The molecule has 0 aromatic rings. The number of hydrogen-bond donors (Lipinski definition) is 0. The first-order valence-electron chi connectivity index (χ1n) is 5.03. The lowest BCUT2D eigenvalue weighted by molar-refractivity contribution is 0.104. The SMILES string of the molecule is CC1CC2CC1C(C)C2(C)C. The van der Waals surface area contributed by atoms with Crippen molar-refractivity contribution in [1.29, 1.82) is 0 Å². The highest BCUT2D eigenvalue weighted by Gasteiger charge is 2.53. The molecule has 0 spiro atoms. The molecular formula is C11H20. The summed E-state index contributed by atoms with van der Waals surface area (Å²) >= 11 is 0. The quantitative estimate of drug-likeness (QED) is 0.499. The molecule has 2 fully saturated rings. The first-order chi connectivity index (χ1) is 5.03. The number of fused-ring (bicyclic) bond motifs is 2. The zero-order valence-corrected chi connectivity index (χ0v) is 8.22. The molecule has 2 bridgehead atoms. The maximum Gasteiger partial charge on any atom is -0.0297 e. The van der Waals surface area contributed by atoms with Crippen LogP contribution in [0.1, 0.15) is 40.5 Å². The summed E-state index contributed by atoms with van der Waals surface area (Å²) in [4.78, 5) is 0. The fraction of sp³-hybridized carbons (Fsp3) is 1.00. The van der Waals surface area contributed by atoms with Crippen molar-refractivity contribution in [1.82, 2.24) is 0 Å². The molecule has 0 heteroatoms. The minimum atomic E-state index is 0.650.